The van der Waals surface area contributed by atoms with Crippen LogP contribution in [0.25, 0.3) is 0 Å². The maximum Gasteiger partial charge on any atom is 0.265 e. The minimum absolute atomic E-state index is 0.151. The van der Waals surface area contributed by atoms with E-state index in [1.54, 1.807) is 31.2 Å². The number of amides is 2. The monoisotopic (exact) mass is 483 g/mol. The van der Waals surface area contributed by atoms with E-state index in [9.17, 15) is 18.0 Å². The van der Waals surface area contributed by atoms with E-state index >= 15 is 0 Å². The first-order valence-electron chi connectivity index (χ1n) is 11.9. The summed E-state index contributed by atoms with van der Waals surface area (Å²) in [5.41, 5.74) is 3.48. The van der Waals surface area contributed by atoms with Gasteiger partial charge in [-0.05, 0) is 86.9 Å². The molecule has 2 heterocycles. The molecule has 2 N–H and O–H groups in total. The van der Waals surface area contributed by atoms with Crippen molar-refractivity contribution in [1.29, 1.82) is 0 Å². The number of sulfonamides is 1. The summed E-state index contributed by atoms with van der Waals surface area (Å²) < 4.78 is 33.4. The van der Waals surface area contributed by atoms with E-state index in [4.69, 9.17) is 4.74 Å². The van der Waals surface area contributed by atoms with Crippen molar-refractivity contribution in [2.75, 3.05) is 23.7 Å². The number of hydrogen-bond acceptors (Lipinski definition) is 5. The highest BCUT2D eigenvalue weighted by Gasteiger charge is 2.33. The van der Waals surface area contributed by atoms with E-state index in [0.717, 1.165) is 31.2 Å². The largest absolute Gasteiger partial charge is 0.479 e. The van der Waals surface area contributed by atoms with Gasteiger partial charge < -0.3 is 15.4 Å². The highest BCUT2D eigenvalue weighted by Crippen LogP contribution is 2.33. The van der Waals surface area contributed by atoms with Gasteiger partial charge in [0.1, 0.15) is 5.75 Å². The summed E-state index contributed by atoms with van der Waals surface area (Å²) >= 11 is 0. The van der Waals surface area contributed by atoms with Gasteiger partial charge in [0, 0.05) is 24.7 Å². The minimum Gasteiger partial charge on any atom is -0.479 e. The second-order valence-corrected chi connectivity index (χ2v) is 11.2. The lowest BCUT2D eigenvalue weighted by Crippen LogP contribution is -2.41. The van der Waals surface area contributed by atoms with E-state index in [2.05, 4.69) is 10.6 Å². The van der Waals surface area contributed by atoms with Crippen LogP contribution in [0.3, 0.4) is 0 Å². The van der Waals surface area contributed by atoms with Gasteiger partial charge in [-0.25, -0.2) is 8.42 Å². The molecule has 0 radical (unpaired) electrons. The first kappa shape index (κ1) is 22.9. The number of nitrogens with one attached hydrogen (secondary N) is 2. The summed E-state index contributed by atoms with van der Waals surface area (Å²) in [6.07, 6.45) is 4.55. The van der Waals surface area contributed by atoms with E-state index in [-0.39, 0.29) is 17.7 Å². The maximum atomic E-state index is 13.2. The second-order valence-electron chi connectivity index (χ2n) is 9.27. The maximum absolute atomic E-state index is 13.2. The van der Waals surface area contributed by atoms with Gasteiger partial charge in [0.05, 0.1) is 10.6 Å². The Balaban J connectivity index is 1.21. The van der Waals surface area contributed by atoms with Crippen molar-refractivity contribution >= 4 is 33.2 Å². The van der Waals surface area contributed by atoms with Crippen LogP contribution in [0.1, 0.15) is 43.7 Å². The summed E-state index contributed by atoms with van der Waals surface area (Å²) in [6, 6.07) is 10.6. The highest BCUT2D eigenvalue weighted by atomic mass is 32.2. The molecule has 0 unspecified atom stereocenters. The average molecular weight is 484 g/mol. The van der Waals surface area contributed by atoms with Gasteiger partial charge in [-0.2, -0.15) is 4.31 Å². The van der Waals surface area contributed by atoms with Crippen LogP contribution in [0.4, 0.5) is 11.4 Å². The van der Waals surface area contributed by atoms with Crippen LogP contribution in [0.15, 0.2) is 41.3 Å². The van der Waals surface area contributed by atoms with Crippen LogP contribution in [0.5, 0.6) is 5.75 Å². The van der Waals surface area contributed by atoms with E-state index in [1.807, 2.05) is 12.1 Å². The number of nitrogens with zero attached hydrogens (tertiary/aromatic N) is 1. The lowest BCUT2D eigenvalue weighted by Gasteiger charge is -2.31. The number of benzene rings is 2. The average Bonchev–Trinajstić information content (AvgIpc) is 2.84. The number of carbonyl (C=O) groups is 2. The Morgan fingerprint density at radius 3 is 2.56 bits per heavy atom. The summed E-state index contributed by atoms with van der Waals surface area (Å²) in [6.45, 7) is 2.29. The second kappa shape index (κ2) is 9.03. The summed E-state index contributed by atoms with van der Waals surface area (Å²) in [5, 5.41) is 5.66. The van der Waals surface area contributed by atoms with Crippen molar-refractivity contribution in [2.24, 2.45) is 5.92 Å². The van der Waals surface area contributed by atoms with Crippen molar-refractivity contribution in [3.05, 3.63) is 47.5 Å². The molecular weight excluding hydrogens is 454 g/mol. The molecule has 1 fully saturated rings. The zero-order valence-corrected chi connectivity index (χ0v) is 20.0. The smallest absolute Gasteiger partial charge is 0.265 e. The number of aryl methyl sites for hydroxylation is 2. The predicted molar refractivity (Wildman–Crippen MR) is 128 cm³/mol. The van der Waals surface area contributed by atoms with Crippen LogP contribution < -0.4 is 15.4 Å². The molecule has 0 bridgehead atoms. The van der Waals surface area contributed by atoms with Crippen LogP contribution in [0, 0.1) is 5.92 Å². The van der Waals surface area contributed by atoms with E-state index < -0.39 is 16.1 Å². The molecule has 1 aliphatic carbocycles. The molecule has 8 nitrogen and oxygen atoms in total. The van der Waals surface area contributed by atoms with Crippen LogP contribution in [0.2, 0.25) is 0 Å². The number of hydrogen-bond donors (Lipinski definition) is 2. The van der Waals surface area contributed by atoms with Gasteiger partial charge in [0.2, 0.25) is 15.9 Å². The molecule has 0 aromatic heterocycles. The predicted octanol–water partition coefficient (Wildman–Crippen LogP) is 3.32. The molecule has 1 saturated heterocycles. The SMILES string of the molecule is C[C@@H]1Oc2ccc(NC(=O)C3CCN(S(=O)(=O)c4ccc5c(c4)CCCC5)CC3)cc2NC1=O. The summed E-state index contributed by atoms with van der Waals surface area (Å²) in [5.74, 6) is -0.103. The van der Waals surface area contributed by atoms with Crippen LogP contribution in [-0.4, -0.2) is 43.7 Å². The Morgan fingerprint density at radius 2 is 1.79 bits per heavy atom. The van der Waals surface area contributed by atoms with Crippen molar-refractivity contribution in [1.82, 2.24) is 4.31 Å². The number of carbonyl (C=O) groups excluding carboxylic acids is 2. The molecular formula is C25H29N3O5S. The molecule has 2 aromatic rings. The Labute approximate surface area is 199 Å². The Kier molecular flexibility index (Phi) is 6.07. The molecule has 0 spiro atoms. The summed E-state index contributed by atoms with van der Waals surface area (Å²) in [4.78, 5) is 25.0. The fourth-order valence-electron chi connectivity index (χ4n) is 4.91. The number of rotatable bonds is 4. The van der Waals surface area contributed by atoms with Crippen molar-refractivity contribution in [3.63, 3.8) is 0 Å². The van der Waals surface area contributed by atoms with Gasteiger partial charge >= 0.3 is 0 Å². The third kappa shape index (κ3) is 4.42. The topological polar surface area (TPSA) is 105 Å². The third-order valence-corrected chi connectivity index (χ3v) is 8.86. The van der Waals surface area contributed by atoms with Crippen LogP contribution >= 0.6 is 0 Å². The first-order valence-corrected chi connectivity index (χ1v) is 13.3. The highest BCUT2D eigenvalue weighted by molar-refractivity contribution is 7.89. The Bertz CT molecular complexity index is 1240. The molecule has 3 aliphatic rings. The van der Waals surface area contributed by atoms with E-state index in [0.29, 0.717) is 48.0 Å². The number of anilines is 2. The fraction of sp³-hybridized carbons (Fsp3) is 0.440. The number of ether oxygens (including phenoxy) is 1. The lowest BCUT2D eigenvalue weighted by atomic mass is 9.92. The molecule has 5 rings (SSSR count). The Morgan fingerprint density at radius 1 is 1.06 bits per heavy atom. The third-order valence-electron chi connectivity index (χ3n) is 6.96. The number of piperidine rings is 1. The van der Waals surface area contributed by atoms with Gasteiger partial charge in [0.25, 0.3) is 5.91 Å². The molecule has 180 valence electrons. The van der Waals surface area contributed by atoms with Crippen molar-refractivity contribution in [2.45, 2.75) is 56.4 Å². The molecule has 0 saturated carbocycles. The lowest BCUT2D eigenvalue weighted by molar-refractivity contribution is -0.122. The van der Waals surface area contributed by atoms with Gasteiger partial charge in [0.15, 0.2) is 6.10 Å². The molecule has 2 amide bonds. The first-order chi connectivity index (χ1) is 16.3. The van der Waals surface area contributed by atoms with Crippen molar-refractivity contribution in [3.8, 4) is 5.75 Å². The minimum atomic E-state index is -3.58. The zero-order valence-electron chi connectivity index (χ0n) is 19.2. The van der Waals surface area contributed by atoms with E-state index in [1.165, 1.54) is 9.87 Å². The fourth-order valence-corrected chi connectivity index (χ4v) is 6.43. The zero-order chi connectivity index (χ0) is 23.9. The Hall–Kier alpha value is -2.91. The standard InChI is InChI=1S/C25H29N3O5S/c1-16-24(29)27-22-15-20(7-9-23(22)33-16)26-25(30)18-10-12-28(13-11-18)34(31,32)21-8-6-17-4-2-3-5-19(17)14-21/h6-9,14-16,18H,2-5,10-13H2,1H3,(H,26,30)(H,27,29)/t16-/m0/s1. The summed E-state index contributed by atoms with van der Waals surface area (Å²) in [7, 11) is -3.58. The molecule has 9 heteroatoms. The van der Waals surface area contributed by atoms with Crippen molar-refractivity contribution < 1.29 is 22.7 Å². The van der Waals surface area contributed by atoms with Gasteiger partial charge in [-0.3, -0.25) is 9.59 Å². The quantitative estimate of drug-likeness (QED) is 0.694. The normalized spacial score (nSPS) is 21.1. The van der Waals surface area contributed by atoms with Gasteiger partial charge in [-0.15, -0.1) is 0 Å². The molecule has 1 atom stereocenters. The van der Waals surface area contributed by atoms with Crippen LogP contribution in [-0.2, 0) is 32.5 Å². The number of fused-ring (bicyclic) bond motifs is 2. The molecule has 2 aromatic carbocycles. The van der Waals surface area contributed by atoms with Gasteiger partial charge in [-0.1, -0.05) is 6.07 Å². The molecule has 34 heavy (non-hydrogen) atoms. The molecule has 2 aliphatic heterocycles.